The van der Waals surface area contributed by atoms with Gasteiger partial charge in [0.15, 0.2) is 0 Å². The van der Waals surface area contributed by atoms with Gasteiger partial charge in [0.25, 0.3) is 5.91 Å². The van der Waals surface area contributed by atoms with Gasteiger partial charge in [-0.2, -0.15) is 0 Å². The minimum absolute atomic E-state index is 0.0386. The highest BCUT2D eigenvalue weighted by Gasteiger charge is 2.37. The van der Waals surface area contributed by atoms with Gasteiger partial charge in [0.1, 0.15) is 5.69 Å². The van der Waals surface area contributed by atoms with Crippen molar-refractivity contribution in [2.24, 2.45) is 13.0 Å². The first-order valence-electron chi connectivity index (χ1n) is 9.36. The van der Waals surface area contributed by atoms with E-state index in [1.807, 2.05) is 34.8 Å². The highest BCUT2D eigenvalue weighted by Crippen LogP contribution is 2.26. The second-order valence-corrected chi connectivity index (χ2v) is 7.29. The number of rotatable bonds is 5. The maximum absolute atomic E-state index is 12.6. The van der Waals surface area contributed by atoms with Crippen molar-refractivity contribution in [3.63, 3.8) is 0 Å². The van der Waals surface area contributed by atoms with E-state index < -0.39 is 5.60 Å². The van der Waals surface area contributed by atoms with E-state index >= 15 is 0 Å². The molecular formula is C19H29N3O4. The maximum Gasteiger partial charge on any atom is 0.270 e. The SMILES string of the molecule is COC1(CNC(=O)C2CCOCC2)CCN(C(=O)c2cccn2C)CC1. The molecule has 0 radical (unpaired) electrons. The summed E-state index contributed by atoms with van der Waals surface area (Å²) in [5, 5.41) is 3.07. The fourth-order valence-electron chi connectivity index (χ4n) is 3.77. The van der Waals surface area contributed by atoms with Crippen LogP contribution in [0.1, 0.15) is 36.2 Å². The number of likely N-dealkylation sites (tertiary alicyclic amines) is 1. The van der Waals surface area contributed by atoms with E-state index in [2.05, 4.69) is 5.32 Å². The van der Waals surface area contributed by atoms with Crippen LogP contribution in [0.25, 0.3) is 0 Å². The Bertz CT molecular complexity index is 628. The zero-order chi connectivity index (χ0) is 18.6. The molecule has 2 amide bonds. The highest BCUT2D eigenvalue weighted by atomic mass is 16.5. The number of aromatic nitrogens is 1. The molecule has 2 aliphatic heterocycles. The third-order valence-corrected chi connectivity index (χ3v) is 5.73. The molecule has 3 rings (SSSR count). The molecule has 0 saturated carbocycles. The van der Waals surface area contributed by atoms with E-state index in [1.165, 1.54) is 0 Å². The Kier molecular flexibility index (Phi) is 5.98. The summed E-state index contributed by atoms with van der Waals surface area (Å²) < 4.78 is 12.9. The van der Waals surface area contributed by atoms with Crippen LogP contribution in [-0.2, 0) is 21.3 Å². The predicted octanol–water partition coefficient (Wildman–Crippen LogP) is 1.19. The number of carbonyl (C=O) groups is 2. The number of nitrogens with one attached hydrogen (secondary N) is 1. The van der Waals surface area contributed by atoms with Crippen LogP contribution >= 0.6 is 0 Å². The summed E-state index contributed by atoms with van der Waals surface area (Å²) >= 11 is 0. The summed E-state index contributed by atoms with van der Waals surface area (Å²) in [5.41, 5.74) is 0.300. The molecule has 0 aliphatic carbocycles. The minimum Gasteiger partial charge on any atom is -0.381 e. The topological polar surface area (TPSA) is 72.8 Å². The van der Waals surface area contributed by atoms with Crippen LogP contribution in [0.5, 0.6) is 0 Å². The lowest BCUT2D eigenvalue weighted by Crippen LogP contribution is -2.54. The monoisotopic (exact) mass is 363 g/mol. The van der Waals surface area contributed by atoms with Gasteiger partial charge in [0.05, 0.1) is 5.60 Å². The number of aryl methyl sites for hydroxylation is 1. The average molecular weight is 363 g/mol. The van der Waals surface area contributed by atoms with Crippen molar-refractivity contribution in [1.29, 1.82) is 0 Å². The standard InChI is InChI=1S/C19H29N3O4/c1-21-9-3-4-16(21)18(24)22-10-7-19(25-2,8-11-22)14-20-17(23)15-5-12-26-13-6-15/h3-4,9,15H,5-8,10-14H2,1-2H3,(H,20,23). The summed E-state index contributed by atoms with van der Waals surface area (Å²) in [6, 6.07) is 3.72. The van der Waals surface area contributed by atoms with Crippen molar-refractivity contribution in [2.45, 2.75) is 31.3 Å². The zero-order valence-electron chi connectivity index (χ0n) is 15.7. The molecular weight excluding hydrogens is 334 g/mol. The molecule has 2 saturated heterocycles. The van der Waals surface area contributed by atoms with E-state index in [-0.39, 0.29) is 17.7 Å². The molecule has 26 heavy (non-hydrogen) atoms. The number of hydrogen-bond acceptors (Lipinski definition) is 4. The molecule has 1 N–H and O–H groups in total. The Hall–Kier alpha value is -1.86. The lowest BCUT2D eigenvalue weighted by Gasteiger charge is -2.41. The van der Waals surface area contributed by atoms with E-state index in [1.54, 1.807) is 7.11 Å². The van der Waals surface area contributed by atoms with E-state index in [9.17, 15) is 9.59 Å². The first-order chi connectivity index (χ1) is 12.5. The zero-order valence-corrected chi connectivity index (χ0v) is 15.7. The number of carbonyl (C=O) groups excluding carboxylic acids is 2. The summed E-state index contributed by atoms with van der Waals surface area (Å²) in [6.07, 6.45) is 4.87. The van der Waals surface area contributed by atoms with Gasteiger partial charge in [-0.25, -0.2) is 0 Å². The summed E-state index contributed by atoms with van der Waals surface area (Å²) in [6.45, 7) is 3.06. The molecule has 144 valence electrons. The molecule has 1 aromatic heterocycles. The quantitative estimate of drug-likeness (QED) is 0.853. The Balaban J connectivity index is 1.52. The first-order valence-corrected chi connectivity index (χ1v) is 9.36. The normalized spacial score (nSPS) is 20.8. The van der Waals surface area contributed by atoms with Crippen LogP contribution in [0.3, 0.4) is 0 Å². The smallest absolute Gasteiger partial charge is 0.270 e. The van der Waals surface area contributed by atoms with Crippen LogP contribution in [0.4, 0.5) is 0 Å². The number of amides is 2. The predicted molar refractivity (Wildman–Crippen MR) is 96.8 cm³/mol. The van der Waals surface area contributed by atoms with Gasteiger partial charge in [-0.15, -0.1) is 0 Å². The summed E-state index contributed by atoms with van der Waals surface area (Å²) in [5.74, 6) is 0.178. The minimum atomic E-state index is -0.397. The van der Waals surface area contributed by atoms with Crippen molar-refractivity contribution in [3.05, 3.63) is 24.0 Å². The highest BCUT2D eigenvalue weighted by molar-refractivity contribution is 5.92. The fraction of sp³-hybridized carbons (Fsp3) is 0.684. The second-order valence-electron chi connectivity index (χ2n) is 7.29. The largest absolute Gasteiger partial charge is 0.381 e. The molecule has 7 heteroatoms. The van der Waals surface area contributed by atoms with Gasteiger partial charge in [-0.05, 0) is 37.8 Å². The molecule has 0 aromatic carbocycles. The molecule has 3 heterocycles. The van der Waals surface area contributed by atoms with E-state index in [4.69, 9.17) is 9.47 Å². The van der Waals surface area contributed by atoms with Gasteiger partial charge in [0.2, 0.25) is 5.91 Å². The molecule has 1 aromatic rings. The number of methoxy groups -OCH3 is 1. The van der Waals surface area contributed by atoms with Crippen LogP contribution < -0.4 is 5.32 Å². The molecule has 2 fully saturated rings. The Morgan fingerprint density at radius 2 is 2.00 bits per heavy atom. The third kappa shape index (κ3) is 4.10. The van der Waals surface area contributed by atoms with Gasteiger partial charge in [0, 0.05) is 59.1 Å². The van der Waals surface area contributed by atoms with Crippen molar-refractivity contribution in [1.82, 2.24) is 14.8 Å². The maximum atomic E-state index is 12.6. The molecule has 2 aliphatic rings. The Morgan fingerprint density at radius 3 is 2.58 bits per heavy atom. The lowest BCUT2D eigenvalue weighted by molar-refractivity contribution is -0.130. The van der Waals surface area contributed by atoms with Crippen LogP contribution in [-0.4, -0.2) is 66.8 Å². The fourth-order valence-corrected chi connectivity index (χ4v) is 3.77. The Labute approximate surface area is 154 Å². The first kappa shape index (κ1) is 18.9. The number of piperidine rings is 1. The van der Waals surface area contributed by atoms with Crippen molar-refractivity contribution >= 4 is 11.8 Å². The summed E-state index contributed by atoms with van der Waals surface area (Å²) in [7, 11) is 3.57. The third-order valence-electron chi connectivity index (χ3n) is 5.73. The number of hydrogen-bond donors (Lipinski definition) is 1. The average Bonchev–Trinajstić information content (AvgIpc) is 3.12. The second kappa shape index (κ2) is 8.22. The molecule has 0 spiro atoms. The lowest BCUT2D eigenvalue weighted by atomic mass is 9.90. The van der Waals surface area contributed by atoms with Gasteiger partial charge >= 0.3 is 0 Å². The molecule has 0 atom stereocenters. The van der Waals surface area contributed by atoms with Crippen molar-refractivity contribution in [3.8, 4) is 0 Å². The van der Waals surface area contributed by atoms with Crippen molar-refractivity contribution < 1.29 is 19.1 Å². The molecule has 7 nitrogen and oxygen atoms in total. The molecule has 0 unspecified atom stereocenters. The number of ether oxygens (including phenoxy) is 2. The van der Waals surface area contributed by atoms with Crippen LogP contribution in [0.15, 0.2) is 18.3 Å². The van der Waals surface area contributed by atoms with Gasteiger partial charge in [-0.3, -0.25) is 9.59 Å². The van der Waals surface area contributed by atoms with E-state index in [0.29, 0.717) is 51.4 Å². The van der Waals surface area contributed by atoms with Crippen LogP contribution in [0, 0.1) is 5.92 Å². The Morgan fingerprint density at radius 1 is 1.31 bits per heavy atom. The van der Waals surface area contributed by atoms with E-state index in [0.717, 1.165) is 12.8 Å². The molecule has 0 bridgehead atoms. The van der Waals surface area contributed by atoms with Crippen LogP contribution in [0.2, 0.25) is 0 Å². The van der Waals surface area contributed by atoms with Gasteiger partial charge < -0.3 is 24.3 Å². The van der Waals surface area contributed by atoms with Gasteiger partial charge in [-0.1, -0.05) is 0 Å². The summed E-state index contributed by atoms with van der Waals surface area (Å²) in [4.78, 5) is 26.9. The van der Waals surface area contributed by atoms with Crippen molar-refractivity contribution in [2.75, 3.05) is 40.0 Å². The number of nitrogens with zero attached hydrogens (tertiary/aromatic N) is 2.